The molecule has 0 radical (unpaired) electrons. The lowest BCUT2D eigenvalue weighted by Gasteiger charge is -2.34. The van der Waals surface area contributed by atoms with Gasteiger partial charge in [0.15, 0.2) is 0 Å². The minimum absolute atomic E-state index is 0.0955. The Labute approximate surface area is 120 Å². The lowest BCUT2D eigenvalue weighted by Crippen LogP contribution is -2.48. The van der Waals surface area contributed by atoms with Gasteiger partial charge in [-0.15, -0.1) is 0 Å². The van der Waals surface area contributed by atoms with Crippen molar-refractivity contribution < 1.29 is 4.74 Å². The summed E-state index contributed by atoms with van der Waals surface area (Å²) in [5.74, 6) is 0. The van der Waals surface area contributed by atoms with E-state index < -0.39 is 0 Å². The number of unbranched alkanes of at least 4 members (excludes halogenated alkanes) is 6. The van der Waals surface area contributed by atoms with E-state index in [-0.39, 0.29) is 5.60 Å². The Morgan fingerprint density at radius 2 is 1.74 bits per heavy atom. The summed E-state index contributed by atoms with van der Waals surface area (Å²) >= 11 is 0. The normalized spacial score (nSPS) is 24.8. The van der Waals surface area contributed by atoms with Crippen molar-refractivity contribution in [3.8, 4) is 0 Å². The number of rotatable bonds is 11. The molecule has 0 spiro atoms. The Hall–Kier alpha value is -0.0800. The van der Waals surface area contributed by atoms with Crippen LogP contribution < -0.4 is 5.32 Å². The zero-order valence-corrected chi connectivity index (χ0v) is 13.5. The molecule has 19 heavy (non-hydrogen) atoms. The fourth-order valence-corrected chi connectivity index (χ4v) is 3.25. The van der Waals surface area contributed by atoms with Crippen molar-refractivity contribution in [2.45, 2.75) is 96.6 Å². The molecule has 2 heteroatoms. The van der Waals surface area contributed by atoms with E-state index in [1.165, 1.54) is 64.2 Å². The minimum atomic E-state index is 0.0955. The van der Waals surface area contributed by atoms with Gasteiger partial charge in [0.05, 0.1) is 5.60 Å². The topological polar surface area (TPSA) is 21.3 Å². The quantitative estimate of drug-likeness (QED) is 0.550. The van der Waals surface area contributed by atoms with Gasteiger partial charge in [0.1, 0.15) is 0 Å². The molecule has 0 aromatic rings. The first-order valence-electron chi connectivity index (χ1n) is 8.60. The second-order valence-electron chi connectivity index (χ2n) is 6.28. The van der Waals surface area contributed by atoms with Crippen molar-refractivity contribution in [1.29, 1.82) is 0 Å². The second kappa shape index (κ2) is 9.77. The average Bonchev–Trinajstić information content (AvgIpc) is 2.84. The zero-order valence-electron chi connectivity index (χ0n) is 13.5. The number of likely N-dealkylation sites (N-methyl/N-ethyl adjacent to an activating group) is 1. The van der Waals surface area contributed by atoms with Crippen LogP contribution in [-0.2, 0) is 4.74 Å². The maximum absolute atomic E-state index is 6.00. The molecule has 2 atom stereocenters. The number of hydrogen-bond donors (Lipinski definition) is 1. The maximum atomic E-state index is 6.00. The molecule has 1 saturated heterocycles. The monoisotopic (exact) mass is 269 g/mol. The summed E-state index contributed by atoms with van der Waals surface area (Å²) in [4.78, 5) is 0. The molecule has 2 unspecified atom stereocenters. The van der Waals surface area contributed by atoms with Gasteiger partial charge in [-0.05, 0) is 32.7 Å². The highest BCUT2D eigenvalue weighted by molar-refractivity contribution is 4.92. The summed E-state index contributed by atoms with van der Waals surface area (Å²) in [7, 11) is 0. The van der Waals surface area contributed by atoms with Gasteiger partial charge in [0, 0.05) is 12.6 Å². The molecule has 114 valence electrons. The Morgan fingerprint density at radius 3 is 2.32 bits per heavy atom. The van der Waals surface area contributed by atoms with Crippen LogP contribution >= 0.6 is 0 Å². The van der Waals surface area contributed by atoms with E-state index in [0.29, 0.717) is 6.04 Å². The van der Waals surface area contributed by atoms with E-state index in [2.05, 4.69) is 26.1 Å². The van der Waals surface area contributed by atoms with E-state index in [1.807, 2.05) is 0 Å². The van der Waals surface area contributed by atoms with Gasteiger partial charge in [-0.1, -0.05) is 58.8 Å². The number of ether oxygens (including phenoxy) is 1. The fourth-order valence-electron chi connectivity index (χ4n) is 3.25. The first-order valence-corrected chi connectivity index (χ1v) is 8.60. The first kappa shape index (κ1) is 17.0. The summed E-state index contributed by atoms with van der Waals surface area (Å²) in [5.41, 5.74) is 0.0955. The molecule has 1 aliphatic rings. The highest BCUT2D eigenvalue weighted by Crippen LogP contribution is 2.31. The Kier molecular flexibility index (Phi) is 8.72. The predicted octanol–water partition coefficient (Wildman–Crippen LogP) is 4.67. The third-order valence-electron chi connectivity index (χ3n) is 4.53. The van der Waals surface area contributed by atoms with E-state index in [9.17, 15) is 0 Å². The standard InChI is InChI=1S/C17H35NO/c1-4-6-7-8-9-10-11-13-16(18-5-2)17(3)14-12-15-19-17/h16,18H,4-15H2,1-3H3. The molecular formula is C17H35NO. The molecule has 1 heterocycles. The molecule has 0 saturated carbocycles. The van der Waals surface area contributed by atoms with Crippen molar-refractivity contribution in [1.82, 2.24) is 5.32 Å². The van der Waals surface area contributed by atoms with Crippen molar-refractivity contribution in [2.24, 2.45) is 0 Å². The highest BCUT2D eigenvalue weighted by Gasteiger charge is 2.37. The molecule has 0 bridgehead atoms. The largest absolute Gasteiger partial charge is 0.374 e. The van der Waals surface area contributed by atoms with Crippen LogP contribution in [0, 0.1) is 0 Å². The van der Waals surface area contributed by atoms with E-state index in [0.717, 1.165) is 13.2 Å². The van der Waals surface area contributed by atoms with Gasteiger partial charge in [-0.2, -0.15) is 0 Å². The van der Waals surface area contributed by atoms with Gasteiger partial charge < -0.3 is 10.1 Å². The smallest absolute Gasteiger partial charge is 0.0807 e. The van der Waals surface area contributed by atoms with E-state index in [4.69, 9.17) is 4.74 Å². The van der Waals surface area contributed by atoms with Crippen molar-refractivity contribution in [3.63, 3.8) is 0 Å². The Bertz CT molecular complexity index is 211. The van der Waals surface area contributed by atoms with Crippen LogP contribution in [0.5, 0.6) is 0 Å². The van der Waals surface area contributed by atoms with Gasteiger partial charge >= 0.3 is 0 Å². The summed E-state index contributed by atoms with van der Waals surface area (Å²) in [6.45, 7) is 8.80. The van der Waals surface area contributed by atoms with Crippen molar-refractivity contribution in [3.05, 3.63) is 0 Å². The fraction of sp³-hybridized carbons (Fsp3) is 1.00. The average molecular weight is 269 g/mol. The lowest BCUT2D eigenvalue weighted by atomic mass is 9.89. The first-order chi connectivity index (χ1) is 9.23. The Morgan fingerprint density at radius 1 is 1.05 bits per heavy atom. The molecule has 0 aromatic heterocycles. The summed E-state index contributed by atoms with van der Waals surface area (Å²) in [5, 5.41) is 3.65. The molecule has 1 rings (SSSR count). The van der Waals surface area contributed by atoms with Crippen molar-refractivity contribution in [2.75, 3.05) is 13.2 Å². The van der Waals surface area contributed by atoms with Crippen LogP contribution in [0.4, 0.5) is 0 Å². The van der Waals surface area contributed by atoms with Crippen LogP contribution in [0.2, 0.25) is 0 Å². The van der Waals surface area contributed by atoms with Crippen LogP contribution in [0.25, 0.3) is 0 Å². The summed E-state index contributed by atoms with van der Waals surface area (Å²) < 4.78 is 6.00. The van der Waals surface area contributed by atoms with Gasteiger partial charge in [0.2, 0.25) is 0 Å². The zero-order chi connectivity index (χ0) is 14.0. The molecule has 2 nitrogen and oxygen atoms in total. The highest BCUT2D eigenvalue weighted by atomic mass is 16.5. The van der Waals surface area contributed by atoms with Crippen LogP contribution in [-0.4, -0.2) is 24.8 Å². The maximum Gasteiger partial charge on any atom is 0.0807 e. The van der Waals surface area contributed by atoms with Gasteiger partial charge in [0.25, 0.3) is 0 Å². The third kappa shape index (κ3) is 6.27. The van der Waals surface area contributed by atoms with Gasteiger partial charge in [-0.3, -0.25) is 0 Å². The molecule has 0 aliphatic carbocycles. The predicted molar refractivity (Wildman–Crippen MR) is 83.7 cm³/mol. The number of nitrogens with one attached hydrogen (secondary N) is 1. The minimum Gasteiger partial charge on any atom is -0.374 e. The summed E-state index contributed by atoms with van der Waals surface area (Å²) in [6, 6.07) is 0.552. The molecular weight excluding hydrogens is 234 g/mol. The molecule has 1 N–H and O–H groups in total. The molecule has 1 fully saturated rings. The molecule has 0 aromatic carbocycles. The number of hydrogen-bond acceptors (Lipinski definition) is 2. The van der Waals surface area contributed by atoms with Crippen LogP contribution in [0.1, 0.15) is 85.0 Å². The molecule has 0 amide bonds. The van der Waals surface area contributed by atoms with E-state index in [1.54, 1.807) is 0 Å². The Balaban J connectivity index is 2.15. The molecule has 1 aliphatic heterocycles. The second-order valence-corrected chi connectivity index (χ2v) is 6.28. The summed E-state index contributed by atoms with van der Waals surface area (Å²) in [6.07, 6.45) is 13.5. The lowest BCUT2D eigenvalue weighted by molar-refractivity contribution is -0.0140. The van der Waals surface area contributed by atoms with Crippen LogP contribution in [0.15, 0.2) is 0 Å². The third-order valence-corrected chi connectivity index (χ3v) is 4.53. The van der Waals surface area contributed by atoms with Gasteiger partial charge in [-0.25, -0.2) is 0 Å². The van der Waals surface area contributed by atoms with Crippen molar-refractivity contribution >= 4 is 0 Å². The SMILES string of the molecule is CCCCCCCCCC(NCC)C1(C)CCCO1. The van der Waals surface area contributed by atoms with Crippen LogP contribution in [0.3, 0.4) is 0 Å². The van der Waals surface area contributed by atoms with E-state index >= 15 is 0 Å².